The van der Waals surface area contributed by atoms with Crippen molar-refractivity contribution < 1.29 is 9.53 Å². The normalized spacial score (nSPS) is 21.9. The standard InChI is InChI=1S/C18H26N6O2/c1-2-23-12-20-22-17(23)14-4-3-7-24(11-14)18(25)15-10-19-21-16(15)13-5-8-26-9-6-13/h10,12-14H,2-9,11H2,1H3,(H,19,21). The molecule has 2 aliphatic rings. The summed E-state index contributed by atoms with van der Waals surface area (Å²) < 4.78 is 7.52. The van der Waals surface area contributed by atoms with Gasteiger partial charge in [-0.25, -0.2) is 0 Å². The molecule has 4 rings (SSSR count). The molecule has 140 valence electrons. The van der Waals surface area contributed by atoms with Crippen LogP contribution >= 0.6 is 0 Å². The van der Waals surface area contributed by atoms with Gasteiger partial charge in [0.1, 0.15) is 12.2 Å². The van der Waals surface area contributed by atoms with Gasteiger partial charge >= 0.3 is 0 Å². The van der Waals surface area contributed by atoms with E-state index in [0.717, 1.165) is 69.1 Å². The van der Waals surface area contributed by atoms with Crippen molar-refractivity contribution >= 4 is 5.91 Å². The number of hydrogen-bond donors (Lipinski definition) is 1. The predicted molar refractivity (Wildman–Crippen MR) is 95.0 cm³/mol. The van der Waals surface area contributed by atoms with E-state index in [1.165, 1.54) is 0 Å². The molecule has 26 heavy (non-hydrogen) atoms. The lowest BCUT2D eigenvalue weighted by atomic mass is 9.92. The van der Waals surface area contributed by atoms with Crippen molar-refractivity contribution in [2.24, 2.45) is 0 Å². The first-order valence-electron chi connectivity index (χ1n) is 9.56. The molecule has 2 fully saturated rings. The van der Waals surface area contributed by atoms with Gasteiger partial charge in [0.15, 0.2) is 0 Å². The Kier molecular flexibility index (Phi) is 5.01. The van der Waals surface area contributed by atoms with Crippen LogP contribution in [0.2, 0.25) is 0 Å². The summed E-state index contributed by atoms with van der Waals surface area (Å²) in [5.74, 6) is 1.64. The van der Waals surface area contributed by atoms with E-state index in [1.807, 2.05) is 4.90 Å². The molecule has 0 radical (unpaired) electrons. The Balaban J connectivity index is 1.51. The Labute approximate surface area is 152 Å². The van der Waals surface area contributed by atoms with Gasteiger partial charge in [0, 0.05) is 44.7 Å². The van der Waals surface area contributed by atoms with Gasteiger partial charge < -0.3 is 14.2 Å². The zero-order chi connectivity index (χ0) is 17.9. The number of carbonyl (C=O) groups is 1. The van der Waals surface area contributed by atoms with Gasteiger partial charge in [0.25, 0.3) is 5.91 Å². The lowest BCUT2D eigenvalue weighted by Crippen LogP contribution is -2.40. The number of hydrogen-bond acceptors (Lipinski definition) is 5. The first-order chi connectivity index (χ1) is 12.8. The fourth-order valence-electron chi connectivity index (χ4n) is 4.13. The van der Waals surface area contributed by atoms with Crippen LogP contribution in [0.15, 0.2) is 12.5 Å². The zero-order valence-electron chi connectivity index (χ0n) is 15.2. The largest absolute Gasteiger partial charge is 0.381 e. The van der Waals surface area contributed by atoms with Gasteiger partial charge in [-0.1, -0.05) is 0 Å². The summed E-state index contributed by atoms with van der Waals surface area (Å²) in [5.41, 5.74) is 1.69. The second kappa shape index (κ2) is 7.57. The molecule has 0 aromatic carbocycles. The highest BCUT2D eigenvalue weighted by molar-refractivity contribution is 5.95. The monoisotopic (exact) mass is 358 g/mol. The van der Waals surface area contributed by atoms with Gasteiger partial charge in [-0.3, -0.25) is 9.89 Å². The molecule has 1 N–H and O–H groups in total. The average Bonchev–Trinajstić information content (AvgIpc) is 3.37. The number of nitrogens with one attached hydrogen (secondary N) is 1. The van der Waals surface area contributed by atoms with Crippen LogP contribution in [0.3, 0.4) is 0 Å². The third-order valence-electron chi connectivity index (χ3n) is 5.59. The number of aromatic amines is 1. The van der Waals surface area contributed by atoms with Crippen LogP contribution in [0, 0.1) is 0 Å². The summed E-state index contributed by atoms with van der Waals surface area (Å²) in [5, 5.41) is 15.6. The molecule has 8 nitrogen and oxygen atoms in total. The third-order valence-corrected chi connectivity index (χ3v) is 5.59. The van der Waals surface area contributed by atoms with Gasteiger partial charge in [-0.05, 0) is 32.6 Å². The van der Waals surface area contributed by atoms with Crippen LogP contribution in [0.1, 0.15) is 66.3 Å². The minimum Gasteiger partial charge on any atom is -0.381 e. The molecule has 0 saturated carbocycles. The highest BCUT2D eigenvalue weighted by atomic mass is 16.5. The molecule has 4 heterocycles. The summed E-state index contributed by atoms with van der Waals surface area (Å²) in [6, 6.07) is 0. The van der Waals surface area contributed by atoms with Gasteiger partial charge in [-0.15, -0.1) is 10.2 Å². The Morgan fingerprint density at radius 2 is 2.15 bits per heavy atom. The maximum absolute atomic E-state index is 13.2. The maximum Gasteiger partial charge on any atom is 0.257 e. The first-order valence-corrected chi connectivity index (χ1v) is 9.56. The van der Waals surface area contributed by atoms with Crippen molar-refractivity contribution in [2.75, 3.05) is 26.3 Å². The summed E-state index contributed by atoms with van der Waals surface area (Å²) in [7, 11) is 0. The highest BCUT2D eigenvalue weighted by Gasteiger charge is 2.31. The Morgan fingerprint density at radius 3 is 2.96 bits per heavy atom. The number of aromatic nitrogens is 5. The van der Waals surface area contributed by atoms with Crippen LogP contribution in [0.5, 0.6) is 0 Å². The Hall–Kier alpha value is -2.22. The lowest BCUT2D eigenvalue weighted by molar-refractivity contribution is 0.0691. The Bertz CT molecular complexity index is 748. The molecule has 2 aromatic heterocycles. The number of amides is 1. The van der Waals surface area contributed by atoms with Gasteiger partial charge in [-0.2, -0.15) is 5.10 Å². The predicted octanol–water partition coefficient (Wildman–Crippen LogP) is 1.93. The van der Waals surface area contributed by atoms with E-state index >= 15 is 0 Å². The van der Waals surface area contributed by atoms with Crippen LogP contribution in [0.4, 0.5) is 0 Å². The molecular weight excluding hydrogens is 332 g/mol. The van der Waals surface area contributed by atoms with Crippen molar-refractivity contribution in [2.45, 2.75) is 51.0 Å². The Morgan fingerprint density at radius 1 is 1.31 bits per heavy atom. The molecule has 2 saturated heterocycles. The molecule has 0 aliphatic carbocycles. The van der Waals surface area contributed by atoms with E-state index in [-0.39, 0.29) is 11.8 Å². The van der Waals surface area contributed by atoms with Crippen molar-refractivity contribution in [3.8, 4) is 0 Å². The second-order valence-electron chi connectivity index (χ2n) is 7.15. The fraction of sp³-hybridized carbons (Fsp3) is 0.667. The van der Waals surface area contributed by atoms with Crippen LogP contribution in [0.25, 0.3) is 0 Å². The number of rotatable bonds is 4. The maximum atomic E-state index is 13.2. The molecule has 2 aliphatic heterocycles. The number of carbonyl (C=O) groups excluding carboxylic acids is 1. The van der Waals surface area contributed by atoms with E-state index in [9.17, 15) is 4.79 Å². The molecule has 1 unspecified atom stereocenters. The summed E-state index contributed by atoms with van der Waals surface area (Å²) in [6.45, 7) is 5.90. The average molecular weight is 358 g/mol. The van der Waals surface area contributed by atoms with Crippen molar-refractivity contribution in [1.29, 1.82) is 0 Å². The number of aryl methyl sites for hydroxylation is 1. The molecule has 1 atom stereocenters. The molecule has 0 spiro atoms. The molecular formula is C18H26N6O2. The molecule has 1 amide bonds. The van der Waals surface area contributed by atoms with Gasteiger partial charge in [0.2, 0.25) is 0 Å². The molecule has 2 aromatic rings. The van der Waals surface area contributed by atoms with E-state index in [0.29, 0.717) is 12.5 Å². The number of H-pyrrole nitrogens is 1. The third kappa shape index (κ3) is 3.25. The van der Waals surface area contributed by atoms with Crippen molar-refractivity contribution in [3.05, 3.63) is 29.6 Å². The smallest absolute Gasteiger partial charge is 0.257 e. The van der Waals surface area contributed by atoms with Crippen LogP contribution < -0.4 is 0 Å². The van der Waals surface area contributed by atoms with E-state index in [1.54, 1.807) is 12.5 Å². The van der Waals surface area contributed by atoms with Crippen molar-refractivity contribution in [1.82, 2.24) is 29.9 Å². The summed E-state index contributed by atoms with van der Waals surface area (Å²) >= 11 is 0. The molecule has 8 heteroatoms. The highest BCUT2D eigenvalue weighted by Crippen LogP contribution is 2.30. The zero-order valence-corrected chi connectivity index (χ0v) is 15.2. The van der Waals surface area contributed by atoms with E-state index < -0.39 is 0 Å². The fourth-order valence-corrected chi connectivity index (χ4v) is 4.13. The summed E-state index contributed by atoms with van der Waals surface area (Å²) in [4.78, 5) is 15.1. The van der Waals surface area contributed by atoms with Crippen LogP contribution in [-0.2, 0) is 11.3 Å². The quantitative estimate of drug-likeness (QED) is 0.902. The van der Waals surface area contributed by atoms with E-state index in [2.05, 4.69) is 31.9 Å². The number of nitrogens with zero attached hydrogens (tertiary/aromatic N) is 5. The molecule has 0 bridgehead atoms. The second-order valence-corrected chi connectivity index (χ2v) is 7.15. The minimum absolute atomic E-state index is 0.0764. The van der Waals surface area contributed by atoms with Crippen LogP contribution in [-0.4, -0.2) is 62.1 Å². The first kappa shape index (κ1) is 17.2. The SMILES string of the molecule is CCn1cnnc1C1CCCN(C(=O)c2cn[nH]c2C2CCOCC2)C1. The topological polar surface area (TPSA) is 88.9 Å². The minimum atomic E-state index is 0.0764. The number of piperidine rings is 1. The van der Waals surface area contributed by atoms with E-state index in [4.69, 9.17) is 4.74 Å². The van der Waals surface area contributed by atoms with Crippen molar-refractivity contribution in [3.63, 3.8) is 0 Å². The lowest BCUT2D eigenvalue weighted by Gasteiger charge is -2.32. The number of likely N-dealkylation sites (tertiary alicyclic amines) is 1. The van der Waals surface area contributed by atoms with Gasteiger partial charge in [0.05, 0.1) is 17.5 Å². The summed E-state index contributed by atoms with van der Waals surface area (Å²) in [6.07, 6.45) is 7.36. The number of ether oxygens (including phenoxy) is 1.